The van der Waals surface area contributed by atoms with E-state index < -0.39 is 18.1 Å². The smallest absolute Gasteiger partial charge is 0.305 e. The molecule has 0 saturated heterocycles. The molecule has 0 aromatic heterocycles. The van der Waals surface area contributed by atoms with Crippen LogP contribution in [-0.4, -0.2) is 29.1 Å². The van der Waals surface area contributed by atoms with E-state index in [1.54, 1.807) is 32.0 Å². The molecule has 0 heterocycles. The van der Waals surface area contributed by atoms with Crippen LogP contribution in [0.4, 0.5) is 0 Å². The Morgan fingerprint density at radius 2 is 2.05 bits per heavy atom. The molecular weight excluding hydrogens is 282 g/mol. The van der Waals surface area contributed by atoms with E-state index in [4.69, 9.17) is 21.4 Å². The first-order valence-corrected chi connectivity index (χ1v) is 6.62. The van der Waals surface area contributed by atoms with E-state index in [2.05, 4.69) is 5.32 Å². The number of carboxylic acid groups (broad SMARTS) is 1. The number of hydrogen-bond acceptors (Lipinski definition) is 3. The Morgan fingerprint density at radius 3 is 2.60 bits per heavy atom. The number of benzene rings is 1. The second-order valence-corrected chi connectivity index (χ2v) is 5.11. The van der Waals surface area contributed by atoms with Crippen LogP contribution in [0.25, 0.3) is 0 Å². The Balaban J connectivity index is 2.59. The van der Waals surface area contributed by atoms with Crippen molar-refractivity contribution < 1.29 is 19.4 Å². The molecule has 0 aliphatic carbocycles. The lowest BCUT2D eigenvalue weighted by Crippen LogP contribution is -2.42. The normalized spacial score (nSPS) is 13.4. The van der Waals surface area contributed by atoms with Gasteiger partial charge in [-0.25, -0.2) is 0 Å². The molecule has 20 heavy (non-hydrogen) atoms. The van der Waals surface area contributed by atoms with Crippen molar-refractivity contribution >= 4 is 23.5 Å². The van der Waals surface area contributed by atoms with Crippen LogP contribution < -0.4 is 10.1 Å². The topological polar surface area (TPSA) is 75.6 Å². The monoisotopic (exact) mass is 299 g/mol. The van der Waals surface area contributed by atoms with Crippen LogP contribution >= 0.6 is 11.6 Å². The number of halogens is 1. The Labute approximate surface area is 122 Å². The van der Waals surface area contributed by atoms with Crippen molar-refractivity contribution in [2.45, 2.75) is 39.3 Å². The summed E-state index contributed by atoms with van der Waals surface area (Å²) in [6, 6.07) is 4.68. The van der Waals surface area contributed by atoms with Gasteiger partial charge in [0.1, 0.15) is 5.75 Å². The number of carbonyl (C=O) groups excluding carboxylic acids is 1. The highest BCUT2D eigenvalue weighted by Gasteiger charge is 2.18. The highest BCUT2D eigenvalue weighted by molar-refractivity contribution is 6.30. The molecule has 1 amide bonds. The van der Waals surface area contributed by atoms with Crippen LogP contribution in [0.2, 0.25) is 5.02 Å². The minimum Gasteiger partial charge on any atom is -0.481 e. The summed E-state index contributed by atoms with van der Waals surface area (Å²) in [6.45, 7) is 5.07. The summed E-state index contributed by atoms with van der Waals surface area (Å²) in [4.78, 5) is 22.4. The number of carbonyl (C=O) groups is 2. The zero-order valence-electron chi connectivity index (χ0n) is 11.6. The van der Waals surface area contributed by atoms with Gasteiger partial charge in [-0.2, -0.15) is 0 Å². The van der Waals surface area contributed by atoms with Crippen LogP contribution in [0.1, 0.15) is 25.8 Å². The summed E-state index contributed by atoms with van der Waals surface area (Å²) in [5.74, 6) is -0.740. The van der Waals surface area contributed by atoms with Gasteiger partial charge in [0.25, 0.3) is 5.91 Å². The maximum Gasteiger partial charge on any atom is 0.305 e. The molecule has 0 fully saturated rings. The Kier molecular flexibility index (Phi) is 5.82. The number of carboxylic acids is 1. The molecule has 1 aromatic carbocycles. The van der Waals surface area contributed by atoms with Crippen molar-refractivity contribution in [3.05, 3.63) is 28.8 Å². The fourth-order valence-electron chi connectivity index (χ4n) is 1.66. The molecule has 2 N–H and O–H groups in total. The SMILES string of the molecule is Cc1cc(Cl)ccc1OC(C)C(=O)NC(C)CC(=O)O. The molecule has 0 aliphatic rings. The fourth-order valence-corrected chi connectivity index (χ4v) is 1.89. The Morgan fingerprint density at radius 1 is 1.40 bits per heavy atom. The third kappa shape index (κ3) is 5.09. The van der Waals surface area contributed by atoms with Crippen LogP contribution in [-0.2, 0) is 9.59 Å². The van der Waals surface area contributed by atoms with Gasteiger partial charge in [-0.3, -0.25) is 9.59 Å². The predicted molar refractivity (Wildman–Crippen MR) is 76.1 cm³/mol. The molecule has 110 valence electrons. The molecule has 0 saturated carbocycles. The van der Waals surface area contributed by atoms with Gasteiger partial charge in [0.05, 0.1) is 6.42 Å². The second kappa shape index (κ2) is 7.14. The van der Waals surface area contributed by atoms with E-state index in [1.807, 2.05) is 6.92 Å². The average Bonchev–Trinajstić information content (AvgIpc) is 2.31. The Hall–Kier alpha value is -1.75. The maximum atomic E-state index is 11.9. The largest absolute Gasteiger partial charge is 0.481 e. The van der Waals surface area contributed by atoms with Gasteiger partial charge in [0.2, 0.25) is 0 Å². The van der Waals surface area contributed by atoms with Crippen molar-refractivity contribution in [1.82, 2.24) is 5.32 Å². The minimum atomic E-state index is -0.958. The number of rotatable bonds is 6. The summed E-state index contributed by atoms with van der Waals surface area (Å²) in [5.41, 5.74) is 0.829. The van der Waals surface area contributed by atoms with E-state index in [0.29, 0.717) is 10.8 Å². The highest BCUT2D eigenvalue weighted by atomic mass is 35.5. The van der Waals surface area contributed by atoms with Gasteiger partial charge in [-0.15, -0.1) is 0 Å². The summed E-state index contributed by atoms with van der Waals surface area (Å²) in [7, 11) is 0. The molecule has 2 unspecified atom stereocenters. The second-order valence-electron chi connectivity index (χ2n) is 4.68. The van der Waals surface area contributed by atoms with Crippen molar-refractivity contribution in [3.8, 4) is 5.75 Å². The molecule has 0 radical (unpaired) electrons. The van der Waals surface area contributed by atoms with Crippen LogP contribution in [0.15, 0.2) is 18.2 Å². The van der Waals surface area contributed by atoms with Gasteiger partial charge in [-0.1, -0.05) is 11.6 Å². The lowest BCUT2D eigenvalue weighted by molar-refractivity contribution is -0.137. The standard InChI is InChI=1S/C14H18ClNO4/c1-8-6-11(15)4-5-12(8)20-10(3)14(19)16-9(2)7-13(17)18/h4-6,9-10H,7H2,1-3H3,(H,16,19)(H,17,18). The molecule has 2 atom stereocenters. The minimum absolute atomic E-state index is 0.127. The third-order valence-corrected chi connectivity index (χ3v) is 2.91. The van der Waals surface area contributed by atoms with E-state index in [1.165, 1.54) is 0 Å². The molecule has 5 nitrogen and oxygen atoms in total. The molecule has 0 bridgehead atoms. The lowest BCUT2D eigenvalue weighted by Gasteiger charge is -2.18. The quantitative estimate of drug-likeness (QED) is 0.846. The van der Waals surface area contributed by atoms with Gasteiger partial charge in [0, 0.05) is 11.1 Å². The molecule has 0 aliphatic heterocycles. The number of ether oxygens (including phenoxy) is 1. The number of amides is 1. The van der Waals surface area contributed by atoms with Crippen molar-refractivity contribution in [3.63, 3.8) is 0 Å². The maximum absolute atomic E-state index is 11.9. The number of hydrogen-bond donors (Lipinski definition) is 2. The number of nitrogens with one attached hydrogen (secondary N) is 1. The molecule has 0 spiro atoms. The van der Waals surface area contributed by atoms with Gasteiger partial charge < -0.3 is 15.2 Å². The first-order valence-electron chi connectivity index (χ1n) is 6.24. The van der Waals surface area contributed by atoms with Crippen molar-refractivity contribution in [1.29, 1.82) is 0 Å². The summed E-state index contributed by atoms with van der Waals surface area (Å²) >= 11 is 5.84. The average molecular weight is 300 g/mol. The molecule has 1 rings (SSSR count). The van der Waals surface area contributed by atoms with E-state index in [-0.39, 0.29) is 12.3 Å². The first kappa shape index (κ1) is 16.3. The first-order chi connectivity index (χ1) is 9.29. The van der Waals surface area contributed by atoms with E-state index >= 15 is 0 Å². The Bertz CT molecular complexity index is 504. The fraction of sp³-hybridized carbons (Fsp3) is 0.429. The number of aryl methyl sites for hydroxylation is 1. The van der Waals surface area contributed by atoms with Gasteiger partial charge in [-0.05, 0) is 44.5 Å². The van der Waals surface area contributed by atoms with Crippen LogP contribution in [0.5, 0.6) is 5.75 Å². The van der Waals surface area contributed by atoms with Crippen molar-refractivity contribution in [2.75, 3.05) is 0 Å². The van der Waals surface area contributed by atoms with Crippen LogP contribution in [0.3, 0.4) is 0 Å². The zero-order chi connectivity index (χ0) is 15.3. The highest BCUT2D eigenvalue weighted by Crippen LogP contribution is 2.22. The molecular formula is C14H18ClNO4. The lowest BCUT2D eigenvalue weighted by atomic mass is 10.2. The summed E-state index contributed by atoms with van der Waals surface area (Å²) in [6.07, 6.45) is -0.843. The zero-order valence-corrected chi connectivity index (χ0v) is 12.4. The molecule has 1 aromatic rings. The van der Waals surface area contributed by atoms with Gasteiger partial charge in [0.15, 0.2) is 6.10 Å². The predicted octanol–water partition coefficient (Wildman–Crippen LogP) is 2.40. The summed E-state index contributed by atoms with van der Waals surface area (Å²) in [5, 5.41) is 11.8. The molecule has 6 heteroatoms. The van der Waals surface area contributed by atoms with E-state index in [0.717, 1.165) is 5.56 Å². The third-order valence-electron chi connectivity index (χ3n) is 2.68. The number of aliphatic carboxylic acids is 1. The summed E-state index contributed by atoms with van der Waals surface area (Å²) < 4.78 is 5.55. The van der Waals surface area contributed by atoms with Gasteiger partial charge >= 0.3 is 5.97 Å². The van der Waals surface area contributed by atoms with E-state index in [9.17, 15) is 9.59 Å². The van der Waals surface area contributed by atoms with Crippen LogP contribution in [0, 0.1) is 6.92 Å². The van der Waals surface area contributed by atoms with Crippen molar-refractivity contribution in [2.24, 2.45) is 0 Å².